The molecule has 0 saturated carbocycles. The molecule has 0 aliphatic carbocycles. The number of hydrogen-bond donors (Lipinski definition) is 2. The van der Waals surface area contributed by atoms with Crippen molar-refractivity contribution in [3.63, 3.8) is 0 Å². The number of nitrogens with zero attached hydrogens (tertiary/aromatic N) is 1. The Balaban J connectivity index is 3.17. The minimum absolute atomic E-state index is 0.0458. The van der Waals surface area contributed by atoms with E-state index in [1.165, 1.54) is 148 Å². The first kappa shape index (κ1) is 37.2. The first-order valence-electron chi connectivity index (χ1n) is 16.4. The predicted octanol–water partition coefficient (Wildman–Crippen LogP) is 8.77. The molecule has 0 aromatic heterocycles. The van der Waals surface area contributed by atoms with Crippen LogP contribution in [0.25, 0.3) is 0 Å². The van der Waals surface area contributed by atoms with Gasteiger partial charge in [0, 0.05) is 0 Å². The minimum Gasteiger partial charge on any atom is -0.370 e. The van der Waals surface area contributed by atoms with Crippen molar-refractivity contribution in [1.82, 2.24) is 0 Å². The molecule has 0 spiro atoms. The number of aliphatic imine (C=N–C) groups is 1. The summed E-state index contributed by atoms with van der Waals surface area (Å²) >= 11 is 0. The maximum atomic E-state index is 11.7. The van der Waals surface area contributed by atoms with Crippen molar-refractivity contribution >= 4 is 16.1 Å². The molecule has 4 N–H and O–H groups in total. The van der Waals surface area contributed by atoms with Crippen LogP contribution in [0.4, 0.5) is 0 Å². The van der Waals surface area contributed by atoms with Gasteiger partial charge in [-0.1, -0.05) is 167 Å². The van der Waals surface area contributed by atoms with E-state index < -0.39 is 10.1 Å². The Hall–Kier alpha value is -0.820. The Labute approximate surface area is 237 Å². The predicted molar refractivity (Wildman–Crippen MR) is 166 cm³/mol. The average molecular weight is 560 g/mol. The molecule has 0 aromatic rings. The number of hydrogen-bond acceptors (Lipinski definition) is 4. The lowest BCUT2D eigenvalue weighted by atomic mass is 10.0. The average Bonchev–Trinajstić information content (AvgIpc) is 2.88. The lowest BCUT2D eigenvalue weighted by Gasteiger charge is -2.05. The molecule has 0 heterocycles. The molecule has 0 unspecified atom stereocenters. The van der Waals surface area contributed by atoms with Crippen molar-refractivity contribution in [3.05, 3.63) is 0 Å². The lowest BCUT2D eigenvalue weighted by molar-refractivity contribution is 0.306. The largest absolute Gasteiger partial charge is 0.370 e. The number of guanidine groups is 1. The fourth-order valence-corrected chi connectivity index (χ4v) is 5.75. The zero-order valence-electron chi connectivity index (χ0n) is 25.2. The van der Waals surface area contributed by atoms with E-state index in [9.17, 15) is 8.42 Å². The van der Waals surface area contributed by atoms with Gasteiger partial charge >= 0.3 is 0 Å². The number of unbranched alkanes of at least 4 members (excludes halogenated alkanes) is 25. The third-order valence-electron chi connectivity index (χ3n) is 7.40. The maximum Gasteiger partial charge on any atom is 0.269 e. The maximum absolute atomic E-state index is 11.7. The first-order chi connectivity index (χ1) is 18.5. The van der Waals surface area contributed by atoms with Crippen LogP contribution in [0, 0.1) is 0 Å². The van der Waals surface area contributed by atoms with Gasteiger partial charge in [0.05, 0.1) is 18.9 Å². The van der Waals surface area contributed by atoms with E-state index in [0.29, 0.717) is 0 Å². The van der Waals surface area contributed by atoms with Gasteiger partial charge in [0.2, 0.25) is 0 Å². The van der Waals surface area contributed by atoms with E-state index in [-0.39, 0.29) is 24.9 Å². The highest BCUT2D eigenvalue weighted by molar-refractivity contribution is 7.86. The summed E-state index contributed by atoms with van der Waals surface area (Å²) in [5, 5.41) is 0. The normalized spacial score (nSPS) is 11.7. The third kappa shape index (κ3) is 31.4. The molecular weight excluding hydrogens is 494 g/mol. The summed E-state index contributed by atoms with van der Waals surface area (Å²) in [7, 11) is -3.52. The molecule has 228 valence electrons. The van der Waals surface area contributed by atoms with E-state index in [0.717, 1.165) is 19.3 Å². The second kappa shape index (κ2) is 29.2. The highest BCUT2D eigenvalue weighted by Gasteiger charge is 2.10. The lowest BCUT2D eigenvalue weighted by Crippen LogP contribution is -2.24. The van der Waals surface area contributed by atoms with Crippen LogP contribution in [-0.2, 0) is 14.3 Å². The van der Waals surface area contributed by atoms with Crippen molar-refractivity contribution in [1.29, 1.82) is 0 Å². The SMILES string of the molecule is CCCCCCCCCCCCCCCCCCCCCCCCCCCCOS(=O)(=O)CCN=C(N)N. The van der Waals surface area contributed by atoms with E-state index in [1.54, 1.807) is 0 Å². The zero-order valence-corrected chi connectivity index (χ0v) is 26.1. The van der Waals surface area contributed by atoms with Crippen LogP contribution in [0.5, 0.6) is 0 Å². The molecule has 0 aliphatic heterocycles. The van der Waals surface area contributed by atoms with Crippen molar-refractivity contribution in [2.75, 3.05) is 18.9 Å². The third-order valence-corrected chi connectivity index (χ3v) is 8.60. The summed E-state index contributed by atoms with van der Waals surface area (Å²) in [5.74, 6) is -0.278. The number of nitrogens with two attached hydrogens (primary N) is 2. The summed E-state index contributed by atoms with van der Waals surface area (Å²) in [5.41, 5.74) is 10.4. The van der Waals surface area contributed by atoms with Gasteiger partial charge in [0.15, 0.2) is 5.96 Å². The van der Waals surface area contributed by atoms with Crippen molar-refractivity contribution in [2.24, 2.45) is 16.5 Å². The van der Waals surface area contributed by atoms with E-state index in [4.69, 9.17) is 15.7 Å². The quantitative estimate of drug-likeness (QED) is 0.0382. The monoisotopic (exact) mass is 559 g/mol. The van der Waals surface area contributed by atoms with Gasteiger partial charge < -0.3 is 11.5 Å². The molecule has 0 fully saturated rings. The molecule has 0 amide bonds. The smallest absolute Gasteiger partial charge is 0.269 e. The van der Waals surface area contributed by atoms with Gasteiger partial charge in [-0.15, -0.1) is 0 Å². The van der Waals surface area contributed by atoms with Gasteiger partial charge in [-0.2, -0.15) is 8.42 Å². The molecule has 0 radical (unpaired) electrons. The molecule has 6 nitrogen and oxygen atoms in total. The van der Waals surface area contributed by atoms with Crippen molar-refractivity contribution in [2.45, 2.75) is 174 Å². The van der Waals surface area contributed by atoms with Crippen LogP contribution in [-0.4, -0.2) is 33.3 Å². The van der Waals surface area contributed by atoms with Crippen LogP contribution in [0.3, 0.4) is 0 Å². The standard InChI is InChI=1S/C31H65N3O3S/c1-2-3-4-5-6-7-8-9-10-11-12-13-14-15-16-17-18-19-20-21-22-23-24-25-26-27-29-37-38(35,36)30-28-34-31(32)33/h2-30H2,1H3,(H4,32,33,34). The van der Waals surface area contributed by atoms with Crippen LogP contribution in [0.2, 0.25) is 0 Å². The summed E-state index contributed by atoms with van der Waals surface area (Å²) in [6.07, 6.45) is 35.4. The van der Waals surface area contributed by atoms with Crippen molar-refractivity contribution in [3.8, 4) is 0 Å². The Morgan fingerprint density at radius 2 is 0.816 bits per heavy atom. The molecule has 0 rings (SSSR count). The Morgan fingerprint density at radius 3 is 1.11 bits per heavy atom. The second-order valence-electron chi connectivity index (χ2n) is 11.2. The molecule has 0 aromatic carbocycles. The molecule has 7 heteroatoms. The highest BCUT2D eigenvalue weighted by Crippen LogP contribution is 2.16. The molecule has 0 aliphatic rings. The Bertz CT molecular complexity index is 607. The van der Waals surface area contributed by atoms with E-state index >= 15 is 0 Å². The van der Waals surface area contributed by atoms with Crippen LogP contribution in [0.1, 0.15) is 174 Å². The van der Waals surface area contributed by atoms with Crippen molar-refractivity contribution < 1.29 is 12.6 Å². The van der Waals surface area contributed by atoms with Gasteiger partial charge in [0.25, 0.3) is 10.1 Å². The van der Waals surface area contributed by atoms with Gasteiger partial charge in [-0.3, -0.25) is 9.18 Å². The van der Waals surface area contributed by atoms with Crippen LogP contribution < -0.4 is 11.5 Å². The van der Waals surface area contributed by atoms with Crippen LogP contribution in [0.15, 0.2) is 4.99 Å². The second-order valence-corrected chi connectivity index (χ2v) is 13.0. The summed E-state index contributed by atoms with van der Waals surface area (Å²) in [6.45, 7) is 2.59. The Morgan fingerprint density at radius 1 is 0.526 bits per heavy atom. The fourth-order valence-electron chi connectivity index (χ4n) is 4.95. The number of rotatable bonds is 31. The zero-order chi connectivity index (χ0) is 28.0. The summed E-state index contributed by atoms with van der Waals surface area (Å²) < 4.78 is 28.3. The molecule has 38 heavy (non-hydrogen) atoms. The minimum atomic E-state index is -3.52. The Kier molecular flexibility index (Phi) is 28.5. The van der Waals surface area contributed by atoms with Crippen LogP contribution >= 0.6 is 0 Å². The summed E-state index contributed by atoms with van der Waals surface area (Å²) in [4.78, 5) is 3.67. The summed E-state index contributed by atoms with van der Waals surface area (Å²) in [6, 6.07) is 0. The first-order valence-corrected chi connectivity index (χ1v) is 18.0. The van der Waals surface area contributed by atoms with E-state index in [2.05, 4.69) is 11.9 Å². The molecular formula is C31H65N3O3S. The van der Waals surface area contributed by atoms with Gasteiger partial charge in [-0.25, -0.2) is 0 Å². The molecule has 0 saturated heterocycles. The fraction of sp³-hybridized carbons (Fsp3) is 0.968. The molecule has 0 atom stereocenters. The topological polar surface area (TPSA) is 108 Å². The van der Waals surface area contributed by atoms with Gasteiger partial charge in [-0.05, 0) is 6.42 Å². The van der Waals surface area contributed by atoms with E-state index in [1.807, 2.05) is 0 Å². The molecule has 0 bridgehead atoms. The van der Waals surface area contributed by atoms with Gasteiger partial charge in [0.1, 0.15) is 0 Å². The highest BCUT2D eigenvalue weighted by atomic mass is 32.2.